The Labute approximate surface area is 248 Å². The zero-order valence-corrected chi connectivity index (χ0v) is 24.9. The average Bonchev–Trinajstić information content (AvgIpc) is 3.18. The second-order valence-electron chi connectivity index (χ2n) is 10.7. The predicted octanol–water partition coefficient (Wildman–Crippen LogP) is 5.74. The summed E-state index contributed by atoms with van der Waals surface area (Å²) < 4.78 is 46.5. The van der Waals surface area contributed by atoms with E-state index >= 15 is 0 Å². The van der Waals surface area contributed by atoms with Crippen LogP contribution in [0.4, 0.5) is 0 Å². The second kappa shape index (κ2) is 13.3. The summed E-state index contributed by atoms with van der Waals surface area (Å²) in [6.45, 7) is 3.25. The number of ether oxygens (including phenoxy) is 4. The summed E-state index contributed by atoms with van der Waals surface area (Å²) in [6.07, 6.45) is 2.29. The van der Waals surface area contributed by atoms with Gasteiger partial charge in [0.1, 0.15) is 33.7 Å². The zero-order valence-electron chi connectivity index (χ0n) is 24.1. The molecular formula is C34H36O7S. The summed E-state index contributed by atoms with van der Waals surface area (Å²) >= 11 is 0. The van der Waals surface area contributed by atoms with Crippen LogP contribution in [0.1, 0.15) is 48.8 Å². The highest BCUT2D eigenvalue weighted by Crippen LogP contribution is 2.38. The topological polar surface area (TPSA) is 88.1 Å². The van der Waals surface area contributed by atoms with Crippen LogP contribution in [0.3, 0.4) is 0 Å². The van der Waals surface area contributed by atoms with Crippen molar-refractivity contribution in [1.29, 1.82) is 0 Å². The van der Waals surface area contributed by atoms with E-state index in [1.54, 1.807) is 6.92 Å². The molecule has 0 radical (unpaired) electrons. The number of benzene rings is 3. The number of carbonyl (C=O) groups excluding carboxylic acids is 1. The van der Waals surface area contributed by atoms with E-state index in [0.717, 1.165) is 51.5 Å². The van der Waals surface area contributed by atoms with Crippen molar-refractivity contribution in [2.24, 2.45) is 5.92 Å². The fourth-order valence-corrected chi connectivity index (χ4v) is 6.95. The molecule has 5 rings (SSSR count). The zero-order chi connectivity index (χ0) is 29.5. The van der Waals surface area contributed by atoms with Crippen LogP contribution in [0.25, 0.3) is 11.1 Å². The highest BCUT2D eigenvalue weighted by atomic mass is 32.2. The van der Waals surface area contributed by atoms with Crippen molar-refractivity contribution in [2.45, 2.75) is 45.1 Å². The van der Waals surface area contributed by atoms with Crippen LogP contribution in [-0.4, -0.2) is 46.2 Å². The second-order valence-corrected chi connectivity index (χ2v) is 13.0. The molecule has 8 heteroatoms. The molecule has 0 amide bonds. The standard InChI is InChI=1S/C34H36O7S/c1-3-4-27(21-34(35)38-2)26-6-8-29(9-7-26)40-23-25-5-12-33-32(19-25)31-11-10-30(20-28(31)13-16-39-33)41-22-24-14-17-42(36,37)18-15-24/h5-12,19-20,24,27H,13-18,21-23H2,1-2H3. The molecule has 0 N–H and O–H groups in total. The van der Waals surface area contributed by atoms with E-state index in [1.807, 2.05) is 42.5 Å². The molecule has 0 aromatic heterocycles. The van der Waals surface area contributed by atoms with E-state index < -0.39 is 9.84 Å². The number of sulfone groups is 1. The van der Waals surface area contributed by atoms with Gasteiger partial charge in [-0.1, -0.05) is 30.2 Å². The van der Waals surface area contributed by atoms with Gasteiger partial charge in [-0.3, -0.25) is 4.79 Å². The highest BCUT2D eigenvalue weighted by Gasteiger charge is 2.24. The van der Waals surface area contributed by atoms with Crippen LogP contribution in [0.15, 0.2) is 60.7 Å². The fraction of sp³-hybridized carbons (Fsp3) is 0.382. The lowest BCUT2D eigenvalue weighted by atomic mass is 9.96. The molecule has 1 unspecified atom stereocenters. The Bertz CT molecular complexity index is 1570. The molecule has 2 heterocycles. The van der Waals surface area contributed by atoms with Crippen molar-refractivity contribution in [3.8, 4) is 40.2 Å². The van der Waals surface area contributed by atoms with Crippen molar-refractivity contribution < 1.29 is 32.2 Å². The van der Waals surface area contributed by atoms with Gasteiger partial charge in [0.15, 0.2) is 0 Å². The molecule has 42 heavy (non-hydrogen) atoms. The first-order valence-corrected chi connectivity index (χ1v) is 16.1. The van der Waals surface area contributed by atoms with Crippen LogP contribution in [0.5, 0.6) is 17.2 Å². The van der Waals surface area contributed by atoms with Gasteiger partial charge in [-0.25, -0.2) is 8.42 Å². The normalized spacial score (nSPS) is 16.3. The van der Waals surface area contributed by atoms with Crippen LogP contribution in [-0.2, 0) is 32.4 Å². The summed E-state index contributed by atoms with van der Waals surface area (Å²) in [4.78, 5) is 11.8. The minimum absolute atomic E-state index is 0.205. The maximum atomic E-state index is 11.8. The molecule has 3 aromatic rings. The maximum absolute atomic E-state index is 11.8. The molecule has 0 aliphatic carbocycles. The molecule has 220 valence electrons. The first kappa shape index (κ1) is 29.5. The Morgan fingerprint density at radius 3 is 2.48 bits per heavy atom. The van der Waals surface area contributed by atoms with Crippen molar-refractivity contribution in [2.75, 3.05) is 31.8 Å². The Kier molecular flexibility index (Phi) is 9.38. The third kappa shape index (κ3) is 7.46. The number of carbonyl (C=O) groups is 1. The van der Waals surface area contributed by atoms with E-state index in [1.165, 1.54) is 7.11 Å². The molecule has 3 aromatic carbocycles. The molecular weight excluding hydrogens is 552 g/mol. The lowest BCUT2D eigenvalue weighted by Gasteiger charge is -2.22. The van der Waals surface area contributed by atoms with Crippen LogP contribution in [0, 0.1) is 17.8 Å². The smallest absolute Gasteiger partial charge is 0.307 e. The Morgan fingerprint density at radius 2 is 1.74 bits per heavy atom. The SMILES string of the molecule is CC#CC(CC(=O)OC)c1ccc(OCc2ccc3c(c2)-c2ccc(OCC4CCS(=O)(=O)CC4)cc2CCO3)cc1. The van der Waals surface area contributed by atoms with Gasteiger partial charge < -0.3 is 18.9 Å². The molecule has 0 spiro atoms. The van der Waals surface area contributed by atoms with E-state index in [4.69, 9.17) is 18.9 Å². The molecule has 1 fully saturated rings. The number of hydrogen-bond acceptors (Lipinski definition) is 7. The largest absolute Gasteiger partial charge is 0.493 e. The highest BCUT2D eigenvalue weighted by molar-refractivity contribution is 7.91. The van der Waals surface area contributed by atoms with Gasteiger partial charge >= 0.3 is 5.97 Å². The number of rotatable bonds is 9. The van der Waals surface area contributed by atoms with Gasteiger partial charge in [-0.05, 0) is 84.3 Å². The van der Waals surface area contributed by atoms with Crippen LogP contribution >= 0.6 is 0 Å². The lowest BCUT2D eigenvalue weighted by Crippen LogP contribution is -2.26. The summed E-state index contributed by atoms with van der Waals surface area (Å²) in [7, 11) is -1.49. The van der Waals surface area contributed by atoms with Gasteiger partial charge in [-0.15, -0.1) is 5.92 Å². The Balaban J connectivity index is 1.24. The van der Waals surface area contributed by atoms with E-state index in [2.05, 4.69) is 30.0 Å². The van der Waals surface area contributed by atoms with Crippen molar-refractivity contribution in [1.82, 2.24) is 0 Å². The molecule has 0 bridgehead atoms. The summed E-state index contributed by atoms with van der Waals surface area (Å²) in [5.74, 6) is 8.59. The summed E-state index contributed by atoms with van der Waals surface area (Å²) in [5, 5.41) is 0. The Hall–Kier alpha value is -3.96. The Morgan fingerprint density at radius 1 is 0.976 bits per heavy atom. The molecule has 1 saturated heterocycles. The third-order valence-corrected chi connectivity index (χ3v) is 9.52. The molecule has 2 aliphatic heterocycles. The first-order chi connectivity index (χ1) is 20.3. The lowest BCUT2D eigenvalue weighted by molar-refractivity contribution is -0.140. The average molecular weight is 589 g/mol. The number of esters is 1. The van der Waals surface area contributed by atoms with Crippen molar-refractivity contribution >= 4 is 15.8 Å². The fourth-order valence-electron chi connectivity index (χ4n) is 5.36. The van der Waals surface area contributed by atoms with Gasteiger partial charge in [-0.2, -0.15) is 0 Å². The molecule has 0 saturated carbocycles. The number of hydrogen-bond donors (Lipinski definition) is 0. The van der Waals surface area contributed by atoms with Crippen molar-refractivity contribution in [3.05, 3.63) is 77.4 Å². The van der Waals surface area contributed by atoms with Gasteiger partial charge in [0.05, 0.1) is 44.2 Å². The van der Waals surface area contributed by atoms with Crippen LogP contribution in [0.2, 0.25) is 0 Å². The number of fused-ring (bicyclic) bond motifs is 3. The quantitative estimate of drug-likeness (QED) is 0.233. The summed E-state index contributed by atoms with van der Waals surface area (Å²) in [6, 6.07) is 19.9. The van der Waals surface area contributed by atoms with Gasteiger partial charge in [0.25, 0.3) is 0 Å². The monoisotopic (exact) mass is 588 g/mol. The van der Waals surface area contributed by atoms with E-state index in [9.17, 15) is 13.2 Å². The minimum atomic E-state index is -2.88. The van der Waals surface area contributed by atoms with Crippen LogP contribution < -0.4 is 14.2 Å². The maximum Gasteiger partial charge on any atom is 0.307 e. The van der Waals surface area contributed by atoms with Gasteiger partial charge in [0.2, 0.25) is 0 Å². The van der Waals surface area contributed by atoms with Gasteiger partial charge in [0, 0.05) is 12.0 Å². The first-order valence-electron chi connectivity index (χ1n) is 14.3. The molecule has 7 nitrogen and oxygen atoms in total. The summed E-state index contributed by atoms with van der Waals surface area (Å²) in [5.41, 5.74) is 5.24. The van der Waals surface area contributed by atoms with E-state index in [-0.39, 0.29) is 35.7 Å². The van der Waals surface area contributed by atoms with E-state index in [0.29, 0.717) is 32.7 Å². The molecule has 2 aliphatic rings. The number of methoxy groups -OCH3 is 1. The minimum Gasteiger partial charge on any atom is -0.493 e. The third-order valence-electron chi connectivity index (χ3n) is 7.80. The van der Waals surface area contributed by atoms with Crippen molar-refractivity contribution in [3.63, 3.8) is 0 Å². The molecule has 1 atom stereocenters. The predicted molar refractivity (Wildman–Crippen MR) is 162 cm³/mol.